The highest BCUT2D eigenvalue weighted by molar-refractivity contribution is 6.22. The number of nitrogens with one attached hydrogen (secondary N) is 1. The van der Waals surface area contributed by atoms with Crippen LogP contribution in [0.1, 0.15) is 31.8 Å². The molecule has 5 rings (SSSR count). The van der Waals surface area contributed by atoms with Crippen LogP contribution in [0.15, 0.2) is 72.8 Å². The molecule has 3 aromatic rings. The first kappa shape index (κ1) is 19.7. The quantitative estimate of drug-likeness (QED) is 0.545. The van der Waals surface area contributed by atoms with E-state index in [1.165, 1.54) is 5.56 Å². The van der Waals surface area contributed by atoms with Gasteiger partial charge in [-0.05, 0) is 28.8 Å². The zero-order valence-electron chi connectivity index (χ0n) is 17.2. The van der Waals surface area contributed by atoms with Crippen LogP contribution in [0.3, 0.4) is 0 Å². The third-order valence-corrected chi connectivity index (χ3v) is 5.95. The molecule has 1 N–H and O–H groups in total. The Labute approximate surface area is 181 Å². The van der Waals surface area contributed by atoms with Crippen molar-refractivity contribution in [3.8, 4) is 11.1 Å². The molecule has 0 saturated carbocycles. The summed E-state index contributed by atoms with van der Waals surface area (Å²) >= 11 is 0. The van der Waals surface area contributed by atoms with Crippen molar-refractivity contribution in [3.63, 3.8) is 0 Å². The fourth-order valence-electron chi connectivity index (χ4n) is 4.37. The first-order chi connectivity index (χ1) is 15.2. The molecule has 1 aliphatic heterocycles. The fourth-order valence-corrected chi connectivity index (χ4v) is 4.37. The van der Waals surface area contributed by atoms with E-state index in [2.05, 4.69) is 22.3 Å². The SMILES string of the molecule is O=C(NCC1CN(Cc2ccccc2)CCO1)c1ccc2c(c1)C(=O)c1ccccc1-2. The van der Waals surface area contributed by atoms with Gasteiger partial charge in [0.05, 0.1) is 12.7 Å². The maximum absolute atomic E-state index is 12.7. The van der Waals surface area contributed by atoms with Gasteiger partial charge in [0, 0.05) is 42.9 Å². The van der Waals surface area contributed by atoms with Crippen molar-refractivity contribution in [1.29, 1.82) is 0 Å². The standard InChI is InChI=1S/C26H24N2O3/c29-25-23-9-5-4-8-21(23)22-11-10-19(14-24(22)25)26(30)27-15-20-17-28(12-13-31-20)16-18-6-2-1-3-7-18/h1-11,14,20H,12-13,15-17H2,(H,27,30). The molecule has 1 unspecified atom stereocenters. The molecule has 0 spiro atoms. The number of ether oxygens (including phenoxy) is 1. The Balaban J connectivity index is 1.21. The number of hydrogen-bond donors (Lipinski definition) is 1. The summed E-state index contributed by atoms with van der Waals surface area (Å²) in [5, 5.41) is 2.98. The molecular formula is C26H24N2O3. The lowest BCUT2D eigenvalue weighted by Gasteiger charge is -2.33. The van der Waals surface area contributed by atoms with Crippen molar-refractivity contribution in [2.45, 2.75) is 12.6 Å². The van der Waals surface area contributed by atoms with E-state index in [0.29, 0.717) is 29.8 Å². The van der Waals surface area contributed by atoms with Crippen LogP contribution >= 0.6 is 0 Å². The summed E-state index contributed by atoms with van der Waals surface area (Å²) in [6.07, 6.45) is -0.0540. The lowest BCUT2D eigenvalue weighted by atomic mass is 10.0. The van der Waals surface area contributed by atoms with Crippen LogP contribution in [0.25, 0.3) is 11.1 Å². The minimum absolute atomic E-state index is 0.0209. The molecule has 1 atom stereocenters. The number of carbonyl (C=O) groups is 2. The number of ketones is 1. The van der Waals surface area contributed by atoms with Gasteiger partial charge in [-0.3, -0.25) is 14.5 Å². The van der Waals surface area contributed by atoms with Crippen molar-refractivity contribution < 1.29 is 14.3 Å². The van der Waals surface area contributed by atoms with Gasteiger partial charge in [0.2, 0.25) is 0 Å². The maximum atomic E-state index is 12.7. The molecule has 1 amide bonds. The van der Waals surface area contributed by atoms with Crippen molar-refractivity contribution in [3.05, 3.63) is 95.1 Å². The molecule has 2 aliphatic rings. The van der Waals surface area contributed by atoms with Crippen molar-refractivity contribution >= 4 is 11.7 Å². The molecular weight excluding hydrogens is 388 g/mol. The number of nitrogens with zero attached hydrogens (tertiary/aromatic N) is 1. The number of hydrogen-bond acceptors (Lipinski definition) is 4. The number of rotatable bonds is 5. The van der Waals surface area contributed by atoms with Gasteiger partial charge in [-0.15, -0.1) is 0 Å². The summed E-state index contributed by atoms with van der Waals surface area (Å²) in [4.78, 5) is 27.8. The largest absolute Gasteiger partial charge is 0.374 e. The Kier molecular flexibility index (Phi) is 5.37. The van der Waals surface area contributed by atoms with E-state index in [-0.39, 0.29) is 17.8 Å². The average molecular weight is 412 g/mol. The van der Waals surface area contributed by atoms with E-state index in [4.69, 9.17) is 4.74 Å². The minimum Gasteiger partial charge on any atom is -0.374 e. The predicted molar refractivity (Wildman–Crippen MR) is 119 cm³/mol. The Morgan fingerprint density at radius 1 is 0.935 bits per heavy atom. The molecule has 0 bridgehead atoms. The second kappa shape index (κ2) is 8.46. The van der Waals surface area contributed by atoms with Crippen LogP contribution in [0.2, 0.25) is 0 Å². The van der Waals surface area contributed by atoms with Crippen molar-refractivity contribution in [1.82, 2.24) is 10.2 Å². The lowest BCUT2D eigenvalue weighted by molar-refractivity contribution is -0.0292. The van der Waals surface area contributed by atoms with Gasteiger partial charge < -0.3 is 10.1 Å². The Bertz CT molecular complexity index is 1130. The van der Waals surface area contributed by atoms with Gasteiger partial charge in [-0.2, -0.15) is 0 Å². The number of fused-ring (bicyclic) bond motifs is 3. The number of morpholine rings is 1. The fraction of sp³-hybridized carbons (Fsp3) is 0.231. The van der Waals surface area contributed by atoms with Crippen LogP contribution in [-0.4, -0.2) is 48.9 Å². The first-order valence-corrected chi connectivity index (χ1v) is 10.6. The summed E-state index contributed by atoms with van der Waals surface area (Å²) in [7, 11) is 0. The first-order valence-electron chi connectivity index (χ1n) is 10.6. The second-order valence-electron chi connectivity index (χ2n) is 8.06. The molecule has 5 nitrogen and oxygen atoms in total. The van der Waals surface area contributed by atoms with E-state index in [9.17, 15) is 9.59 Å². The Hall–Kier alpha value is -3.28. The highest BCUT2D eigenvalue weighted by Gasteiger charge is 2.27. The van der Waals surface area contributed by atoms with Crippen LogP contribution < -0.4 is 5.32 Å². The summed E-state index contributed by atoms with van der Waals surface area (Å²) in [6, 6.07) is 23.3. The van der Waals surface area contributed by atoms with Crippen LogP contribution in [0, 0.1) is 0 Å². The number of amides is 1. The van der Waals surface area contributed by atoms with Gasteiger partial charge in [0.1, 0.15) is 0 Å². The van der Waals surface area contributed by atoms with Gasteiger partial charge in [-0.25, -0.2) is 0 Å². The minimum atomic E-state index is -0.185. The molecule has 1 heterocycles. The van der Waals surface area contributed by atoms with Gasteiger partial charge >= 0.3 is 0 Å². The van der Waals surface area contributed by atoms with Crippen LogP contribution in [0.4, 0.5) is 0 Å². The summed E-state index contributed by atoms with van der Waals surface area (Å²) in [5.41, 5.74) is 4.89. The smallest absolute Gasteiger partial charge is 0.251 e. The molecule has 1 saturated heterocycles. The number of benzene rings is 3. The van der Waals surface area contributed by atoms with E-state index >= 15 is 0 Å². The van der Waals surface area contributed by atoms with Crippen molar-refractivity contribution in [2.24, 2.45) is 0 Å². The van der Waals surface area contributed by atoms with E-state index in [1.807, 2.05) is 48.5 Å². The van der Waals surface area contributed by atoms with E-state index in [0.717, 1.165) is 30.8 Å². The highest BCUT2D eigenvalue weighted by atomic mass is 16.5. The molecule has 31 heavy (non-hydrogen) atoms. The molecule has 3 aromatic carbocycles. The molecule has 1 aliphatic carbocycles. The molecule has 5 heteroatoms. The monoisotopic (exact) mass is 412 g/mol. The van der Waals surface area contributed by atoms with Crippen molar-refractivity contribution in [2.75, 3.05) is 26.2 Å². The Morgan fingerprint density at radius 2 is 1.68 bits per heavy atom. The summed E-state index contributed by atoms with van der Waals surface area (Å²) < 4.78 is 5.86. The third-order valence-electron chi connectivity index (χ3n) is 5.95. The lowest BCUT2D eigenvalue weighted by Crippen LogP contribution is -2.47. The summed E-state index contributed by atoms with van der Waals surface area (Å²) in [6.45, 7) is 3.62. The average Bonchev–Trinajstić information content (AvgIpc) is 3.10. The Morgan fingerprint density at radius 3 is 2.52 bits per heavy atom. The van der Waals surface area contributed by atoms with Crippen LogP contribution in [-0.2, 0) is 11.3 Å². The topological polar surface area (TPSA) is 58.6 Å². The second-order valence-corrected chi connectivity index (χ2v) is 8.06. The molecule has 156 valence electrons. The van der Waals surface area contributed by atoms with Crippen LogP contribution in [0.5, 0.6) is 0 Å². The van der Waals surface area contributed by atoms with Gasteiger partial charge in [0.15, 0.2) is 5.78 Å². The zero-order chi connectivity index (χ0) is 21.2. The van der Waals surface area contributed by atoms with Gasteiger partial charge in [-0.1, -0.05) is 60.7 Å². The normalized spacial score (nSPS) is 17.8. The molecule has 0 radical (unpaired) electrons. The zero-order valence-corrected chi connectivity index (χ0v) is 17.2. The maximum Gasteiger partial charge on any atom is 0.251 e. The summed E-state index contributed by atoms with van der Waals surface area (Å²) in [5.74, 6) is -0.206. The van der Waals surface area contributed by atoms with Gasteiger partial charge in [0.25, 0.3) is 5.91 Å². The molecule has 1 fully saturated rings. The highest BCUT2D eigenvalue weighted by Crippen LogP contribution is 2.36. The van der Waals surface area contributed by atoms with E-state index in [1.54, 1.807) is 12.1 Å². The molecule has 0 aromatic heterocycles. The van der Waals surface area contributed by atoms with E-state index < -0.39 is 0 Å². The number of carbonyl (C=O) groups excluding carboxylic acids is 2. The third kappa shape index (κ3) is 4.02. The predicted octanol–water partition coefficient (Wildman–Crippen LogP) is 3.53.